The third-order valence-electron chi connectivity index (χ3n) is 8.05. The SMILES string of the molecule is COc1ccc(C(=C\C=C\C=C(\C=C\C(C)=C\C=C\c2ccc(SC)cc2)c2ccc(C)cc2)/C=C/C(C)=C/C=C/c2ccc(SC)cc2)cc1. The van der Waals surface area contributed by atoms with Gasteiger partial charge in [-0.2, -0.15) is 0 Å². The predicted molar refractivity (Wildman–Crippen MR) is 230 cm³/mol. The number of hydrogen-bond acceptors (Lipinski definition) is 3. The molecule has 0 atom stereocenters. The van der Waals surface area contributed by atoms with Crippen molar-refractivity contribution < 1.29 is 4.74 Å². The number of rotatable bonds is 15. The van der Waals surface area contributed by atoms with Crippen molar-refractivity contribution >= 4 is 46.8 Å². The highest BCUT2D eigenvalue weighted by Gasteiger charge is 2.00. The Hall–Kier alpha value is -4.96. The molecule has 0 aliphatic heterocycles. The summed E-state index contributed by atoms with van der Waals surface area (Å²) in [6.45, 7) is 6.37. The van der Waals surface area contributed by atoms with Gasteiger partial charge in [0.2, 0.25) is 0 Å². The van der Waals surface area contributed by atoms with Gasteiger partial charge >= 0.3 is 0 Å². The molecule has 4 rings (SSSR count). The maximum Gasteiger partial charge on any atom is 0.118 e. The van der Waals surface area contributed by atoms with Crippen molar-refractivity contribution in [3.63, 3.8) is 0 Å². The van der Waals surface area contributed by atoms with E-state index in [9.17, 15) is 0 Å². The number of hydrogen-bond donors (Lipinski definition) is 0. The van der Waals surface area contributed by atoms with Crippen LogP contribution in [-0.2, 0) is 0 Å². The smallest absolute Gasteiger partial charge is 0.118 e. The van der Waals surface area contributed by atoms with E-state index in [1.54, 1.807) is 30.6 Å². The van der Waals surface area contributed by atoms with E-state index in [4.69, 9.17) is 4.74 Å². The molecule has 3 heteroatoms. The summed E-state index contributed by atoms with van der Waals surface area (Å²) >= 11 is 3.51. The van der Waals surface area contributed by atoms with Crippen molar-refractivity contribution in [2.24, 2.45) is 0 Å². The van der Waals surface area contributed by atoms with E-state index in [1.807, 2.05) is 12.1 Å². The van der Waals surface area contributed by atoms with Crippen LogP contribution in [0.4, 0.5) is 0 Å². The van der Waals surface area contributed by atoms with Crippen molar-refractivity contribution in [3.8, 4) is 5.75 Å². The summed E-state index contributed by atoms with van der Waals surface area (Å²) in [5.41, 5.74) is 10.5. The molecule has 0 radical (unpaired) electrons. The Balaban J connectivity index is 1.55. The fourth-order valence-corrected chi connectivity index (χ4v) is 5.77. The quantitative estimate of drug-likeness (QED) is 0.0900. The lowest BCUT2D eigenvalue weighted by Gasteiger charge is -2.05. The van der Waals surface area contributed by atoms with Gasteiger partial charge in [0.15, 0.2) is 0 Å². The summed E-state index contributed by atoms with van der Waals surface area (Å²) in [4.78, 5) is 2.54. The molecule has 51 heavy (non-hydrogen) atoms. The molecule has 4 aromatic carbocycles. The number of allylic oxidation sites excluding steroid dienone is 16. The second-order valence-corrected chi connectivity index (χ2v) is 13.7. The van der Waals surface area contributed by atoms with Gasteiger partial charge in [0.25, 0.3) is 0 Å². The number of methoxy groups -OCH3 is 1. The number of benzene rings is 4. The standard InChI is InChI=1S/C48H48OS2/c1-37(11-9-13-40-21-33-47(50-5)34-22-40)17-25-42(44-27-19-39(3)20-28-44)15-7-8-16-43(45-29-31-46(49-4)32-30-45)26-18-38(2)12-10-14-41-23-35-48(51-6)36-24-41/h7-36H,1-6H3/b8-7+,13-9+,14-10+,25-17+,26-18+,37-11+,38-12+,42-15-,43-16-. The highest BCUT2D eigenvalue weighted by molar-refractivity contribution is 7.98. The molecule has 0 fully saturated rings. The van der Waals surface area contributed by atoms with Gasteiger partial charge in [0.05, 0.1) is 7.11 Å². The maximum atomic E-state index is 5.41. The summed E-state index contributed by atoms with van der Waals surface area (Å²) in [7, 11) is 1.69. The van der Waals surface area contributed by atoms with Crippen LogP contribution in [0.25, 0.3) is 23.3 Å². The van der Waals surface area contributed by atoms with E-state index in [0.717, 1.165) is 28.0 Å². The first-order valence-corrected chi connectivity index (χ1v) is 19.5. The van der Waals surface area contributed by atoms with Gasteiger partial charge in [-0.15, -0.1) is 23.5 Å². The average molecular weight is 705 g/mol. The number of aryl methyl sites for hydroxylation is 1. The Morgan fingerprint density at radius 2 is 0.902 bits per heavy atom. The Kier molecular flexibility index (Phi) is 16.2. The Labute approximate surface area is 315 Å². The molecular formula is C48H48OS2. The minimum absolute atomic E-state index is 0.839. The van der Waals surface area contributed by atoms with Crippen LogP contribution in [0.1, 0.15) is 41.7 Å². The molecule has 0 N–H and O–H groups in total. The zero-order valence-electron chi connectivity index (χ0n) is 30.5. The minimum Gasteiger partial charge on any atom is -0.497 e. The van der Waals surface area contributed by atoms with Crippen LogP contribution in [0.2, 0.25) is 0 Å². The number of thioether (sulfide) groups is 2. The Bertz CT molecular complexity index is 1960. The highest BCUT2D eigenvalue weighted by Crippen LogP contribution is 2.22. The molecule has 0 spiro atoms. The van der Waals surface area contributed by atoms with E-state index in [2.05, 4.69) is 203 Å². The normalized spacial score (nSPS) is 13.5. The first-order chi connectivity index (χ1) is 24.9. The fourth-order valence-electron chi connectivity index (χ4n) is 4.95. The lowest BCUT2D eigenvalue weighted by molar-refractivity contribution is 0.415. The summed E-state index contributed by atoms with van der Waals surface area (Å²) in [6.07, 6.45) is 34.2. The first-order valence-electron chi connectivity index (χ1n) is 17.0. The molecule has 0 amide bonds. The molecule has 0 aliphatic carbocycles. The molecule has 4 aromatic rings. The largest absolute Gasteiger partial charge is 0.497 e. The molecule has 1 nitrogen and oxygen atoms in total. The molecule has 258 valence electrons. The van der Waals surface area contributed by atoms with Crippen molar-refractivity contribution in [1.29, 1.82) is 0 Å². The topological polar surface area (TPSA) is 9.23 Å². The molecule has 0 saturated heterocycles. The van der Waals surface area contributed by atoms with Gasteiger partial charge in [-0.25, -0.2) is 0 Å². The molecule has 0 aliphatic rings. The molecule has 0 aromatic heterocycles. The summed E-state index contributed by atoms with van der Waals surface area (Å²) in [5, 5.41) is 0. The minimum atomic E-state index is 0.839. The second kappa shape index (κ2) is 21.3. The average Bonchev–Trinajstić information content (AvgIpc) is 3.16. The van der Waals surface area contributed by atoms with Gasteiger partial charge in [0.1, 0.15) is 5.75 Å². The predicted octanol–water partition coefficient (Wildman–Crippen LogP) is 13.9. The van der Waals surface area contributed by atoms with Crippen molar-refractivity contribution in [3.05, 3.63) is 209 Å². The van der Waals surface area contributed by atoms with Crippen LogP contribution >= 0.6 is 23.5 Å². The van der Waals surface area contributed by atoms with E-state index in [1.165, 1.54) is 37.6 Å². The summed E-state index contributed by atoms with van der Waals surface area (Å²) < 4.78 is 5.41. The summed E-state index contributed by atoms with van der Waals surface area (Å²) in [5.74, 6) is 0.839. The third-order valence-corrected chi connectivity index (χ3v) is 9.54. The van der Waals surface area contributed by atoms with Crippen LogP contribution < -0.4 is 4.74 Å². The van der Waals surface area contributed by atoms with Gasteiger partial charge in [-0.3, -0.25) is 0 Å². The van der Waals surface area contributed by atoms with Crippen LogP contribution in [0.15, 0.2) is 191 Å². The zero-order valence-corrected chi connectivity index (χ0v) is 32.2. The third kappa shape index (κ3) is 13.7. The van der Waals surface area contributed by atoms with Gasteiger partial charge in [-0.1, -0.05) is 162 Å². The molecule has 0 saturated carbocycles. The van der Waals surface area contributed by atoms with Gasteiger partial charge in [-0.05, 0) is 103 Å². The highest BCUT2D eigenvalue weighted by atomic mass is 32.2. The van der Waals surface area contributed by atoms with E-state index in [-0.39, 0.29) is 0 Å². The van der Waals surface area contributed by atoms with Crippen LogP contribution in [-0.4, -0.2) is 19.6 Å². The first kappa shape index (κ1) is 38.8. The molecular weight excluding hydrogens is 657 g/mol. The van der Waals surface area contributed by atoms with Crippen LogP contribution in [0.5, 0.6) is 5.75 Å². The van der Waals surface area contributed by atoms with Gasteiger partial charge in [0, 0.05) is 9.79 Å². The fraction of sp³-hybridized carbons (Fsp3) is 0.125. The molecule has 0 unspecified atom stereocenters. The lowest BCUT2D eigenvalue weighted by Crippen LogP contribution is -1.85. The van der Waals surface area contributed by atoms with Crippen molar-refractivity contribution in [1.82, 2.24) is 0 Å². The van der Waals surface area contributed by atoms with Crippen molar-refractivity contribution in [2.75, 3.05) is 19.6 Å². The van der Waals surface area contributed by atoms with Crippen LogP contribution in [0.3, 0.4) is 0 Å². The monoisotopic (exact) mass is 704 g/mol. The summed E-state index contributed by atoms with van der Waals surface area (Å²) in [6, 6.07) is 34.1. The zero-order chi connectivity index (χ0) is 36.3. The van der Waals surface area contributed by atoms with Crippen molar-refractivity contribution in [2.45, 2.75) is 30.6 Å². The molecule has 0 heterocycles. The Morgan fingerprint density at radius 1 is 0.490 bits per heavy atom. The van der Waals surface area contributed by atoms with E-state index >= 15 is 0 Å². The Morgan fingerprint density at radius 3 is 1.29 bits per heavy atom. The second-order valence-electron chi connectivity index (χ2n) is 12.0. The maximum absolute atomic E-state index is 5.41. The van der Waals surface area contributed by atoms with E-state index in [0.29, 0.717) is 0 Å². The number of ether oxygens (including phenoxy) is 1. The molecule has 0 bridgehead atoms. The van der Waals surface area contributed by atoms with Gasteiger partial charge < -0.3 is 4.74 Å². The van der Waals surface area contributed by atoms with E-state index < -0.39 is 0 Å². The lowest BCUT2D eigenvalue weighted by atomic mass is 10.0. The van der Waals surface area contributed by atoms with Crippen LogP contribution in [0, 0.1) is 6.92 Å².